The molecule has 0 saturated carbocycles. The van der Waals surface area contributed by atoms with Gasteiger partial charge in [-0.25, -0.2) is 13.1 Å². The van der Waals surface area contributed by atoms with Gasteiger partial charge < -0.3 is 4.74 Å². The number of rotatable bonds is 7. The Balaban J connectivity index is 1.84. The van der Waals surface area contributed by atoms with Crippen LogP contribution in [0.1, 0.15) is 29.5 Å². The molecule has 1 N–H and O–H groups in total. The van der Waals surface area contributed by atoms with Crippen molar-refractivity contribution < 1.29 is 17.9 Å². The molecule has 0 aliphatic rings. The van der Waals surface area contributed by atoms with Crippen LogP contribution in [0.15, 0.2) is 47.4 Å². The van der Waals surface area contributed by atoms with Crippen LogP contribution in [0.2, 0.25) is 0 Å². The summed E-state index contributed by atoms with van der Waals surface area (Å²) in [4.78, 5) is 11.8. The van der Waals surface area contributed by atoms with E-state index in [2.05, 4.69) is 0 Å². The van der Waals surface area contributed by atoms with Gasteiger partial charge in [0, 0.05) is 6.42 Å². The lowest BCUT2D eigenvalue weighted by Crippen LogP contribution is -2.30. The molecule has 1 amide bonds. The summed E-state index contributed by atoms with van der Waals surface area (Å²) >= 11 is 0. The molecule has 0 radical (unpaired) electrons. The van der Waals surface area contributed by atoms with Crippen LogP contribution < -0.4 is 9.46 Å². The van der Waals surface area contributed by atoms with Crippen LogP contribution in [-0.4, -0.2) is 20.9 Å². The molecule has 2 aromatic rings. The first kappa shape index (κ1) is 19.5. The Morgan fingerprint density at radius 1 is 1.15 bits per heavy atom. The predicted molar refractivity (Wildman–Crippen MR) is 97.1 cm³/mol. The highest BCUT2D eigenvalue weighted by Crippen LogP contribution is 2.16. The van der Waals surface area contributed by atoms with E-state index in [1.807, 2.05) is 42.8 Å². The van der Waals surface area contributed by atoms with Crippen molar-refractivity contribution in [3.8, 4) is 11.8 Å². The average Bonchev–Trinajstić information content (AvgIpc) is 2.61. The van der Waals surface area contributed by atoms with E-state index < -0.39 is 15.9 Å². The quantitative estimate of drug-likeness (QED) is 0.754. The highest BCUT2D eigenvalue weighted by atomic mass is 32.2. The number of hydrogen-bond acceptors (Lipinski definition) is 5. The Kier molecular flexibility index (Phi) is 6.36. The van der Waals surface area contributed by atoms with Gasteiger partial charge in [-0.1, -0.05) is 12.1 Å². The van der Waals surface area contributed by atoms with Gasteiger partial charge in [0.2, 0.25) is 5.91 Å². The molecule has 2 aromatic carbocycles. The summed E-state index contributed by atoms with van der Waals surface area (Å²) in [5.41, 5.74) is 2.50. The SMILES string of the molecule is Cc1ccc(OCCCC(=O)NS(=O)(=O)c2cccc(C#N)c2)cc1C. The molecule has 0 atom stereocenters. The van der Waals surface area contributed by atoms with Crippen LogP contribution in [0.5, 0.6) is 5.75 Å². The highest BCUT2D eigenvalue weighted by Gasteiger charge is 2.17. The van der Waals surface area contributed by atoms with Crippen molar-refractivity contribution in [3.63, 3.8) is 0 Å². The molecule has 0 spiro atoms. The molecule has 136 valence electrons. The number of aryl methyl sites for hydroxylation is 2. The van der Waals surface area contributed by atoms with Gasteiger partial charge in [-0.3, -0.25) is 4.79 Å². The zero-order valence-corrected chi connectivity index (χ0v) is 15.5. The Hall–Kier alpha value is -2.85. The molecule has 0 unspecified atom stereocenters. The number of carbonyl (C=O) groups excluding carboxylic acids is 1. The number of nitrogens with one attached hydrogen (secondary N) is 1. The van der Waals surface area contributed by atoms with Gasteiger partial charge >= 0.3 is 0 Å². The van der Waals surface area contributed by atoms with E-state index in [0.29, 0.717) is 13.0 Å². The van der Waals surface area contributed by atoms with Crippen LogP contribution >= 0.6 is 0 Å². The van der Waals surface area contributed by atoms with Crippen molar-refractivity contribution in [1.29, 1.82) is 5.26 Å². The lowest BCUT2D eigenvalue weighted by molar-refractivity contribution is -0.119. The van der Waals surface area contributed by atoms with Crippen LogP contribution in [0, 0.1) is 25.2 Å². The molecule has 0 aliphatic carbocycles. The van der Waals surface area contributed by atoms with Gasteiger partial charge in [0.05, 0.1) is 23.1 Å². The third-order valence-electron chi connectivity index (χ3n) is 3.82. The lowest BCUT2D eigenvalue weighted by atomic mass is 10.1. The molecular weight excluding hydrogens is 352 g/mol. The zero-order chi connectivity index (χ0) is 19.2. The van der Waals surface area contributed by atoms with E-state index in [9.17, 15) is 13.2 Å². The maximum atomic E-state index is 12.2. The number of hydrogen-bond donors (Lipinski definition) is 1. The number of ether oxygens (including phenoxy) is 1. The van der Waals surface area contributed by atoms with Crippen molar-refractivity contribution in [1.82, 2.24) is 4.72 Å². The first-order valence-corrected chi connectivity index (χ1v) is 9.56. The van der Waals surface area contributed by atoms with Crippen LogP contribution in [0.25, 0.3) is 0 Å². The van der Waals surface area contributed by atoms with E-state index in [1.165, 1.54) is 29.8 Å². The number of nitriles is 1. The number of sulfonamides is 1. The molecule has 0 aromatic heterocycles. The van der Waals surface area contributed by atoms with Crippen molar-refractivity contribution in [3.05, 3.63) is 59.2 Å². The highest BCUT2D eigenvalue weighted by molar-refractivity contribution is 7.90. The first-order chi connectivity index (χ1) is 12.3. The fourth-order valence-corrected chi connectivity index (χ4v) is 3.28. The fourth-order valence-electron chi connectivity index (χ4n) is 2.22. The second-order valence-corrected chi connectivity index (χ2v) is 7.55. The predicted octanol–water partition coefficient (Wildman–Crippen LogP) is 2.84. The molecule has 26 heavy (non-hydrogen) atoms. The fraction of sp³-hybridized carbons (Fsp3) is 0.263. The molecule has 2 rings (SSSR count). The van der Waals surface area contributed by atoms with Gasteiger partial charge in [0.1, 0.15) is 5.75 Å². The van der Waals surface area contributed by atoms with Gasteiger partial charge in [-0.2, -0.15) is 5.26 Å². The van der Waals surface area contributed by atoms with Gasteiger partial charge in [0.25, 0.3) is 10.0 Å². The van der Waals surface area contributed by atoms with Crippen LogP contribution in [0.4, 0.5) is 0 Å². The minimum absolute atomic E-state index is 0.0159. The smallest absolute Gasteiger partial charge is 0.264 e. The summed E-state index contributed by atoms with van der Waals surface area (Å²) in [6, 6.07) is 13.1. The summed E-state index contributed by atoms with van der Waals surface area (Å²) < 4.78 is 31.9. The zero-order valence-electron chi connectivity index (χ0n) is 14.7. The van der Waals surface area contributed by atoms with Gasteiger partial charge in [-0.15, -0.1) is 0 Å². The Labute approximate surface area is 153 Å². The number of amides is 1. The van der Waals surface area contributed by atoms with Gasteiger partial charge in [-0.05, 0) is 61.7 Å². The second-order valence-electron chi connectivity index (χ2n) is 5.87. The molecular formula is C19H20N2O4S. The van der Waals surface area contributed by atoms with Crippen molar-refractivity contribution in [2.45, 2.75) is 31.6 Å². The molecule has 0 heterocycles. The molecule has 0 saturated heterocycles. The minimum atomic E-state index is -3.98. The Morgan fingerprint density at radius 2 is 1.92 bits per heavy atom. The summed E-state index contributed by atoms with van der Waals surface area (Å²) in [6.07, 6.45) is 0.397. The number of nitrogens with zero attached hydrogens (tertiary/aromatic N) is 1. The normalized spacial score (nSPS) is 10.8. The molecule has 0 bridgehead atoms. The maximum Gasteiger partial charge on any atom is 0.264 e. The topological polar surface area (TPSA) is 96.3 Å². The monoisotopic (exact) mass is 372 g/mol. The van der Waals surface area contributed by atoms with Crippen molar-refractivity contribution in [2.24, 2.45) is 0 Å². The van der Waals surface area contributed by atoms with E-state index in [1.54, 1.807) is 0 Å². The van der Waals surface area contributed by atoms with Crippen molar-refractivity contribution in [2.75, 3.05) is 6.61 Å². The maximum absolute atomic E-state index is 12.2. The Morgan fingerprint density at radius 3 is 2.62 bits per heavy atom. The van der Waals surface area contributed by atoms with Crippen LogP contribution in [-0.2, 0) is 14.8 Å². The van der Waals surface area contributed by atoms with Gasteiger partial charge in [0.15, 0.2) is 0 Å². The third-order valence-corrected chi connectivity index (χ3v) is 5.19. The second kappa shape index (κ2) is 8.50. The summed E-state index contributed by atoms with van der Waals surface area (Å²) in [5, 5.41) is 8.83. The Bertz CT molecular complexity index is 946. The third kappa shape index (κ3) is 5.33. The number of carbonyl (C=O) groups is 1. The minimum Gasteiger partial charge on any atom is -0.494 e. The van der Waals surface area contributed by atoms with E-state index in [-0.39, 0.29) is 16.9 Å². The average molecular weight is 372 g/mol. The molecule has 0 aliphatic heterocycles. The largest absolute Gasteiger partial charge is 0.494 e. The summed E-state index contributed by atoms with van der Waals surface area (Å²) in [6.45, 7) is 4.30. The van der Waals surface area contributed by atoms with E-state index >= 15 is 0 Å². The summed E-state index contributed by atoms with van der Waals surface area (Å²) in [5.74, 6) is 0.102. The molecule has 6 nitrogen and oxygen atoms in total. The lowest BCUT2D eigenvalue weighted by Gasteiger charge is -2.09. The van der Waals surface area contributed by atoms with E-state index in [4.69, 9.17) is 10.00 Å². The van der Waals surface area contributed by atoms with E-state index in [0.717, 1.165) is 11.3 Å². The number of benzene rings is 2. The first-order valence-electron chi connectivity index (χ1n) is 8.08. The standard InChI is InChI=1S/C19H20N2O4S/c1-14-8-9-17(11-15(14)2)25-10-4-7-19(22)21-26(23,24)18-6-3-5-16(12-18)13-20/h3,5-6,8-9,11-12H,4,7,10H2,1-2H3,(H,21,22). The van der Waals surface area contributed by atoms with Crippen LogP contribution in [0.3, 0.4) is 0 Å². The molecule has 0 fully saturated rings. The molecule has 7 heteroatoms. The summed E-state index contributed by atoms with van der Waals surface area (Å²) in [7, 11) is -3.98. The van der Waals surface area contributed by atoms with Crippen molar-refractivity contribution >= 4 is 15.9 Å².